The second-order valence-electron chi connectivity index (χ2n) is 7.50. The normalized spacial score (nSPS) is 19.1. The highest BCUT2D eigenvalue weighted by atomic mass is 35.5. The Kier molecular flexibility index (Phi) is 7.98. The molecule has 0 bridgehead atoms. The van der Waals surface area contributed by atoms with Crippen LogP contribution in [0.1, 0.15) is 43.5 Å². The second-order valence-corrected chi connectivity index (χ2v) is 9.82. The van der Waals surface area contributed by atoms with Crippen molar-refractivity contribution in [2.75, 3.05) is 26.3 Å². The lowest BCUT2D eigenvalue weighted by Crippen LogP contribution is -2.51. The summed E-state index contributed by atoms with van der Waals surface area (Å²) < 4.78 is 37.5. The Morgan fingerprint density at radius 2 is 1.85 bits per heavy atom. The number of ether oxygens (including phenoxy) is 2. The summed E-state index contributed by atoms with van der Waals surface area (Å²) in [7, 11) is -3.85. The van der Waals surface area contributed by atoms with Gasteiger partial charge < -0.3 is 20.1 Å². The fourth-order valence-electron chi connectivity index (χ4n) is 3.69. The van der Waals surface area contributed by atoms with E-state index in [1.165, 1.54) is 22.5 Å². The molecule has 0 saturated carbocycles. The summed E-state index contributed by atoms with van der Waals surface area (Å²) in [6.07, 6.45) is 1.94. The van der Waals surface area contributed by atoms with Crippen LogP contribution in [0.25, 0.3) is 0 Å². The Hall–Kier alpha value is -2.63. The minimum absolute atomic E-state index is 0.00200. The first-order valence-electron chi connectivity index (χ1n) is 10.6. The molecule has 0 unspecified atom stereocenters. The standard InChI is InChI=1S/C21H26ClN3O7S/c1-3-15-18(20(27)31-4-2)16(24-21(28)23-15)12-32-19(26)13-7-8-14(22)17(11-13)33(29,30)25-9-5-6-10-25/h7-8,11,15H,3-6,9-10,12H2,1-2H3,(H2,23,24,28)/t15-/m0/s1. The van der Waals surface area contributed by atoms with Crippen molar-refractivity contribution in [3.8, 4) is 0 Å². The van der Waals surface area contributed by atoms with E-state index in [0.29, 0.717) is 19.5 Å². The van der Waals surface area contributed by atoms with Crippen molar-refractivity contribution in [3.05, 3.63) is 40.1 Å². The highest BCUT2D eigenvalue weighted by Gasteiger charge is 2.33. The van der Waals surface area contributed by atoms with E-state index in [-0.39, 0.29) is 33.4 Å². The van der Waals surface area contributed by atoms with Gasteiger partial charge in [-0.25, -0.2) is 22.8 Å². The number of hydrogen-bond acceptors (Lipinski definition) is 7. The first kappa shape index (κ1) is 25.0. The number of carbonyl (C=O) groups is 3. The van der Waals surface area contributed by atoms with Crippen molar-refractivity contribution >= 4 is 39.6 Å². The molecule has 2 aliphatic heterocycles. The maximum Gasteiger partial charge on any atom is 0.338 e. The third-order valence-electron chi connectivity index (χ3n) is 5.34. The summed E-state index contributed by atoms with van der Waals surface area (Å²) >= 11 is 6.12. The van der Waals surface area contributed by atoms with Crippen molar-refractivity contribution in [2.24, 2.45) is 0 Å². The van der Waals surface area contributed by atoms with Crippen molar-refractivity contribution in [3.63, 3.8) is 0 Å². The zero-order valence-corrected chi connectivity index (χ0v) is 19.9. The molecule has 1 saturated heterocycles. The van der Waals surface area contributed by atoms with E-state index in [0.717, 1.165) is 12.8 Å². The molecule has 2 heterocycles. The molecule has 0 aromatic heterocycles. The summed E-state index contributed by atoms with van der Waals surface area (Å²) in [5.74, 6) is -1.46. The molecule has 0 aliphatic carbocycles. The molecule has 33 heavy (non-hydrogen) atoms. The van der Waals surface area contributed by atoms with Crippen molar-refractivity contribution < 1.29 is 32.3 Å². The van der Waals surface area contributed by atoms with E-state index < -0.39 is 40.6 Å². The second kappa shape index (κ2) is 10.5. The largest absolute Gasteiger partial charge is 0.463 e. The summed E-state index contributed by atoms with van der Waals surface area (Å²) in [6, 6.07) is 2.72. The molecule has 1 atom stereocenters. The molecule has 0 radical (unpaired) electrons. The topological polar surface area (TPSA) is 131 Å². The highest BCUT2D eigenvalue weighted by molar-refractivity contribution is 7.89. The molecule has 10 nitrogen and oxygen atoms in total. The number of hydrogen-bond donors (Lipinski definition) is 2. The minimum Gasteiger partial charge on any atom is -0.463 e. The SMILES string of the molecule is CCOC(=O)C1=C(COC(=O)c2ccc(Cl)c(S(=O)(=O)N3CCCC3)c2)NC(=O)N[C@H]1CC. The van der Waals surface area contributed by atoms with Gasteiger partial charge in [0, 0.05) is 13.1 Å². The lowest BCUT2D eigenvalue weighted by Gasteiger charge is -2.28. The van der Waals surface area contributed by atoms with Crippen LogP contribution in [-0.2, 0) is 24.3 Å². The third kappa shape index (κ3) is 5.48. The molecule has 3 rings (SSSR count). The van der Waals surface area contributed by atoms with Crippen LogP contribution in [0.5, 0.6) is 0 Å². The van der Waals surface area contributed by atoms with Gasteiger partial charge in [-0.2, -0.15) is 4.31 Å². The van der Waals surface area contributed by atoms with Crippen LogP contribution in [0, 0.1) is 0 Å². The van der Waals surface area contributed by atoms with Crippen LogP contribution in [0.3, 0.4) is 0 Å². The Balaban J connectivity index is 1.83. The number of nitrogens with zero attached hydrogens (tertiary/aromatic N) is 1. The maximum absolute atomic E-state index is 12.9. The number of nitrogens with one attached hydrogen (secondary N) is 2. The van der Waals surface area contributed by atoms with Crippen molar-refractivity contribution in [1.29, 1.82) is 0 Å². The van der Waals surface area contributed by atoms with Gasteiger partial charge in [0.15, 0.2) is 0 Å². The molecular formula is C21H26ClN3O7S. The van der Waals surface area contributed by atoms with Crippen LogP contribution in [-0.4, -0.2) is 63.0 Å². The lowest BCUT2D eigenvalue weighted by atomic mass is 10.0. The quantitative estimate of drug-likeness (QED) is 0.524. The first-order valence-corrected chi connectivity index (χ1v) is 12.4. The lowest BCUT2D eigenvalue weighted by molar-refractivity contribution is -0.139. The maximum atomic E-state index is 12.9. The summed E-state index contributed by atoms with van der Waals surface area (Å²) in [4.78, 5) is 36.9. The van der Waals surface area contributed by atoms with Gasteiger partial charge in [-0.05, 0) is 44.4 Å². The monoisotopic (exact) mass is 499 g/mol. The van der Waals surface area contributed by atoms with Crippen LogP contribution in [0.15, 0.2) is 34.4 Å². The Morgan fingerprint density at radius 1 is 1.15 bits per heavy atom. The number of amides is 2. The average molecular weight is 500 g/mol. The van der Waals surface area contributed by atoms with Gasteiger partial charge in [-0.1, -0.05) is 18.5 Å². The van der Waals surface area contributed by atoms with Gasteiger partial charge in [-0.3, -0.25) is 0 Å². The summed E-state index contributed by atoms with van der Waals surface area (Å²) in [6.45, 7) is 3.96. The molecule has 2 amide bonds. The summed E-state index contributed by atoms with van der Waals surface area (Å²) in [5, 5.41) is 5.12. The number of rotatable bonds is 8. The Bertz CT molecular complexity index is 1080. The molecule has 1 aromatic rings. The predicted octanol–water partition coefficient (Wildman–Crippen LogP) is 2.19. The molecule has 12 heteroatoms. The van der Waals surface area contributed by atoms with Gasteiger partial charge in [-0.15, -0.1) is 0 Å². The molecule has 1 aromatic carbocycles. The predicted molar refractivity (Wildman–Crippen MR) is 119 cm³/mol. The number of halogens is 1. The molecule has 0 spiro atoms. The number of urea groups is 1. The van der Waals surface area contributed by atoms with Gasteiger partial charge in [0.05, 0.1) is 34.5 Å². The van der Waals surface area contributed by atoms with Gasteiger partial charge in [0.1, 0.15) is 11.5 Å². The number of carbonyl (C=O) groups excluding carboxylic acids is 3. The summed E-state index contributed by atoms with van der Waals surface area (Å²) in [5.41, 5.74) is 0.249. The van der Waals surface area contributed by atoms with Gasteiger partial charge in [0.25, 0.3) is 0 Å². The molecule has 180 valence electrons. The van der Waals surface area contributed by atoms with E-state index in [1.54, 1.807) is 13.8 Å². The fraction of sp³-hybridized carbons (Fsp3) is 0.476. The molecule has 2 aliphatic rings. The highest BCUT2D eigenvalue weighted by Crippen LogP contribution is 2.28. The zero-order chi connectivity index (χ0) is 24.2. The average Bonchev–Trinajstić information content (AvgIpc) is 3.33. The minimum atomic E-state index is -3.85. The third-order valence-corrected chi connectivity index (χ3v) is 7.72. The van der Waals surface area contributed by atoms with E-state index in [4.69, 9.17) is 21.1 Å². The smallest absolute Gasteiger partial charge is 0.338 e. The van der Waals surface area contributed by atoms with Crippen molar-refractivity contribution in [2.45, 2.75) is 44.0 Å². The number of benzene rings is 1. The Labute approximate surface area is 197 Å². The molecule has 2 N–H and O–H groups in total. The van der Waals surface area contributed by atoms with Crippen molar-refractivity contribution in [1.82, 2.24) is 14.9 Å². The van der Waals surface area contributed by atoms with Gasteiger partial charge >= 0.3 is 18.0 Å². The molecular weight excluding hydrogens is 474 g/mol. The van der Waals surface area contributed by atoms with Crippen LogP contribution < -0.4 is 10.6 Å². The van der Waals surface area contributed by atoms with Crippen LogP contribution in [0.2, 0.25) is 5.02 Å². The van der Waals surface area contributed by atoms with Gasteiger partial charge in [0.2, 0.25) is 10.0 Å². The molecule has 1 fully saturated rings. The zero-order valence-electron chi connectivity index (χ0n) is 18.4. The number of esters is 2. The van der Waals surface area contributed by atoms with Crippen LogP contribution in [0.4, 0.5) is 4.79 Å². The number of sulfonamides is 1. The van der Waals surface area contributed by atoms with E-state index in [1.807, 2.05) is 0 Å². The first-order chi connectivity index (χ1) is 15.7. The van der Waals surface area contributed by atoms with E-state index >= 15 is 0 Å². The van der Waals surface area contributed by atoms with E-state index in [9.17, 15) is 22.8 Å². The van der Waals surface area contributed by atoms with E-state index in [2.05, 4.69) is 10.6 Å². The fourth-order valence-corrected chi connectivity index (χ4v) is 5.71. The Morgan fingerprint density at radius 3 is 2.48 bits per heavy atom. The van der Waals surface area contributed by atoms with Crippen LogP contribution >= 0.6 is 11.6 Å².